The molecule has 0 aliphatic heterocycles. The quantitative estimate of drug-likeness (QED) is 0.256. The fraction of sp³-hybridized carbons (Fsp3) is 0.667. The summed E-state index contributed by atoms with van der Waals surface area (Å²) in [6, 6.07) is 8.69. The van der Waals surface area contributed by atoms with Gasteiger partial charge in [-0.1, -0.05) is 114 Å². The van der Waals surface area contributed by atoms with Crippen molar-refractivity contribution in [3.8, 4) is 0 Å². The van der Waals surface area contributed by atoms with Crippen molar-refractivity contribution in [1.82, 2.24) is 0 Å². The first kappa shape index (κ1) is 19.4. The Labute approximate surface area is 143 Å². The number of unbranched alkanes of at least 4 members (excludes halogenated alkanes) is 11. The summed E-state index contributed by atoms with van der Waals surface area (Å²) >= 11 is 4.93. The van der Waals surface area contributed by atoms with Crippen LogP contribution in [0.1, 0.15) is 95.1 Å². The first-order valence-electron chi connectivity index (χ1n) is 9.41. The van der Waals surface area contributed by atoms with Gasteiger partial charge in [0.25, 0.3) is 0 Å². The Kier molecular flexibility index (Phi) is 12.3. The maximum Gasteiger partial charge on any atom is 0.00861 e. The molecule has 0 amide bonds. The second-order valence-electron chi connectivity index (χ2n) is 6.50. The average molecular weight is 319 g/mol. The van der Waals surface area contributed by atoms with Gasteiger partial charge in [0.2, 0.25) is 0 Å². The van der Waals surface area contributed by atoms with Crippen LogP contribution in [-0.4, -0.2) is 5.37 Å². The van der Waals surface area contributed by atoms with E-state index in [1.807, 2.05) is 0 Å². The number of benzene rings is 1. The zero-order chi connectivity index (χ0) is 15.9. The summed E-state index contributed by atoms with van der Waals surface area (Å²) in [5, 5.41) is 1.74. The summed E-state index contributed by atoms with van der Waals surface area (Å²) in [5.74, 6) is 0. The van der Waals surface area contributed by atoms with Crippen LogP contribution in [0.2, 0.25) is 0 Å². The molecule has 0 bridgehead atoms. The van der Waals surface area contributed by atoms with Crippen molar-refractivity contribution in [1.29, 1.82) is 0 Å². The van der Waals surface area contributed by atoms with Gasteiger partial charge in [0.1, 0.15) is 0 Å². The van der Waals surface area contributed by atoms with E-state index in [-0.39, 0.29) is 0 Å². The van der Waals surface area contributed by atoms with Crippen molar-refractivity contribution < 1.29 is 0 Å². The predicted octanol–water partition coefficient (Wildman–Crippen LogP) is 7.28. The SMILES string of the molecule is CCCCCCCCCCCCCCc1ccc(C=S)cc1. The van der Waals surface area contributed by atoms with Gasteiger partial charge in [-0.25, -0.2) is 0 Å². The van der Waals surface area contributed by atoms with E-state index in [0.717, 1.165) is 5.56 Å². The van der Waals surface area contributed by atoms with Crippen molar-refractivity contribution in [3.63, 3.8) is 0 Å². The first-order chi connectivity index (χ1) is 10.9. The Morgan fingerprint density at radius 1 is 0.682 bits per heavy atom. The average Bonchev–Trinajstić information content (AvgIpc) is 2.56. The van der Waals surface area contributed by atoms with E-state index in [1.54, 1.807) is 5.37 Å². The van der Waals surface area contributed by atoms with Crippen molar-refractivity contribution >= 4 is 17.6 Å². The van der Waals surface area contributed by atoms with Crippen molar-refractivity contribution in [2.45, 2.75) is 90.4 Å². The lowest BCUT2D eigenvalue weighted by molar-refractivity contribution is 0.544. The molecule has 0 unspecified atom stereocenters. The lowest BCUT2D eigenvalue weighted by Gasteiger charge is -2.04. The van der Waals surface area contributed by atoms with Gasteiger partial charge >= 0.3 is 0 Å². The zero-order valence-corrected chi connectivity index (χ0v) is 15.3. The second kappa shape index (κ2) is 13.9. The molecule has 0 spiro atoms. The minimum atomic E-state index is 1.15. The minimum absolute atomic E-state index is 1.15. The number of hydrogen-bond acceptors (Lipinski definition) is 1. The monoisotopic (exact) mass is 318 g/mol. The van der Waals surface area contributed by atoms with E-state index in [1.165, 1.54) is 89.0 Å². The third-order valence-electron chi connectivity index (χ3n) is 4.43. The summed E-state index contributed by atoms with van der Waals surface area (Å²) in [5.41, 5.74) is 2.60. The molecule has 1 rings (SSSR count). The van der Waals surface area contributed by atoms with Crippen molar-refractivity contribution in [2.24, 2.45) is 0 Å². The maximum absolute atomic E-state index is 4.93. The third kappa shape index (κ3) is 10.1. The van der Waals surface area contributed by atoms with Gasteiger partial charge in [-0.3, -0.25) is 0 Å². The number of aryl methyl sites for hydroxylation is 1. The van der Waals surface area contributed by atoms with Crippen LogP contribution in [0, 0.1) is 0 Å². The van der Waals surface area contributed by atoms with Crippen LogP contribution in [0.15, 0.2) is 24.3 Å². The van der Waals surface area contributed by atoms with Crippen LogP contribution in [-0.2, 0) is 6.42 Å². The Balaban J connectivity index is 1.86. The van der Waals surface area contributed by atoms with E-state index >= 15 is 0 Å². The maximum atomic E-state index is 4.93. The highest BCUT2D eigenvalue weighted by Gasteiger charge is 1.96. The van der Waals surface area contributed by atoms with Gasteiger partial charge < -0.3 is 0 Å². The van der Waals surface area contributed by atoms with Crippen LogP contribution in [0.4, 0.5) is 0 Å². The van der Waals surface area contributed by atoms with Gasteiger partial charge in [-0.05, 0) is 24.0 Å². The summed E-state index contributed by atoms with van der Waals surface area (Å²) in [4.78, 5) is 0. The summed E-state index contributed by atoms with van der Waals surface area (Å²) in [6.07, 6.45) is 18.2. The van der Waals surface area contributed by atoms with Gasteiger partial charge in [0.15, 0.2) is 0 Å². The molecule has 1 aromatic rings. The summed E-state index contributed by atoms with van der Waals surface area (Å²) < 4.78 is 0. The lowest BCUT2D eigenvalue weighted by Crippen LogP contribution is -1.87. The number of rotatable bonds is 14. The highest BCUT2D eigenvalue weighted by Crippen LogP contribution is 2.13. The highest BCUT2D eigenvalue weighted by molar-refractivity contribution is 7.79. The molecule has 0 fully saturated rings. The fourth-order valence-electron chi connectivity index (χ4n) is 2.93. The molecule has 0 aliphatic rings. The van der Waals surface area contributed by atoms with E-state index in [2.05, 4.69) is 31.2 Å². The first-order valence-corrected chi connectivity index (χ1v) is 9.88. The number of hydrogen-bond donors (Lipinski definition) is 0. The van der Waals surface area contributed by atoms with Crippen LogP contribution in [0.3, 0.4) is 0 Å². The second-order valence-corrected chi connectivity index (χ2v) is 6.73. The molecule has 0 heterocycles. The summed E-state index contributed by atoms with van der Waals surface area (Å²) in [7, 11) is 0. The Morgan fingerprint density at radius 3 is 1.59 bits per heavy atom. The molecule has 124 valence electrons. The van der Waals surface area contributed by atoms with Crippen molar-refractivity contribution in [2.75, 3.05) is 0 Å². The van der Waals surface area contributed by atoms with Gasteiger partial charge in [-0.2, -0.15) is 0 Å². The van der Waals surface area contributed by atoms with Crippen LogP contribution in [0.5, 0.6) is 0 Å². The lowest BCUT2D eigenvalue weighted by atomic mass is 10.0. The molecule has 0 N–H and O–H groups in total. The minimum Gasteiger partial charge on any atom is -0.0881 e. The molecule has 0 atom stereocenters. The topological polar surface area (TPSA) is 0 Å². The van der Waals surface area contributed by atoms with E-state index in [9.17, 15) is 0 Å². The smallest absolute Gasteiger partial charge is 0.00861 e. The Hall–Kier alpha value is -0.690. The molecule has 1 heteroatoms. The Bertz CT molecular complexity index is 366. The molecule has 0 radical (unpaired) electrons. The molecule has 0 nitrogen and oxygen atoms in total. The molecule has 0 saturated carbocycles. The number of thiocarbonyl (C=S) groups is 1. The molecular weight excluding hydrogens is 284 g/mol. The largest absolute Gasteiger partial charge is 0.0881 e. The van der Waals surface area contributed by atoms with E-state index < -0.39 is 0 Å². The standard InChI is InChI=1S/C21H34S/c1-2-3-4-5-6-7-8-9-10-11-12-13-14-20-15-17-21(19-22)18-16-20/h15-19H,2-14H2,1H3. The highest BCUT2D eigenvalue weighted by atomic mass is 32.1. The molecule has 22 heavy (non-hydrogen) atoms. The van der Waals surface area contributed by atoms with Gasteiger partial charge in [0, 0.05) is 5.37 Å². The summed E-state index contributed by atoms with van der Waals surface area (Å²) in [6.45, 7) is 2.29. The molecule has 1 aromatic carbocycles. The normalized spacial score (nSPS) is 10.8. The molecule has 0 saturated heterocycles. The fourth-order valence-corrected chi connectivity index (χ4v) is 3.09. The van der Waals surface area contributed by atoms with Gasteiger partial charge in [0.05, 0.1) is 0 Å². The van der Waals surface area contributed by atoms with E-state index in [0.29, 0.717) is 0 Å². The molecule has 0 aliphatic carbocycles. The van der Waals surface area contributed by atoms with E-state index in [4.69, 9.17) is 12.2 Å². The molecule has 0 aromatic heterocycles. The predicted molar refractivity (Wildman–Crippen MR) is 104 cm³/mol. The van der Waals surface area contributed by atoms with Gasteiger partial charge in [-0.15, -0.1) is 0 Å². The Morgan fingerprint density at radius 2 is 1.14 bits per heavy atom. The van der Waals surface area contributed by atoms with Crippen LogP contribution >= 0.6 is 12.2 Å². The molecular formula is C21H34S. The zero-order valence-electron chi connectivity index (χ0n) is 14.5. The van der Waals surface area contributed by atoms with Crippen molar-refractivity contribution in [3.05, 3.63) is 35.4 Å². The van der Waals surface area contributed by atoms with Crippen LogP contribution < -0.4 is 0 Å². The van der Waals surface area contributed by atoms with Crippen LogP contribution in [0.25, 0.3) is 0 Å². The third-order valence-corrected chi connectivity index (χ3v) is 4.71.